The van der Waals surface area contributed by atoms with Crippen molar-refractivity contribution in [3.63, 3.8) is 0 Å². The fourth-order valence-corrected chi connectivity index (χ4v) is 3.64. The van der Waals surface area contributed by atoms with Crippen molar-refractivity contribution < 1.29 is 42.6 Å². The maximum absolute atomic E-state index is 11.9. The normalized spacial score (nSPS) is 17.0. The number of nitrogens with one attached hydrogen (secondary N) is 2. The molecule has 0 bridgehead atoms. The second kappa shape index (κ2) is 13.5. The number of rotatable bonds is 8. The molecular weight excluding hydrogens is 413 g/mol. The van der Waals surface area contributed by atoms with Gasteiger partial charge < -0.3 is 20.8 Å². The van der Waals surface area contributed by atoms with Crippen LogP contribution in [-0.4, -0.2) is 64.2 Å². The Labute approximate surface area is 161 Å². The SMILES string of the molecule is O=C(O)C(F)(F)F.O=C(O)CCSSCCNC(=O)C1CCCCC(=O)N1. The van der Waals surface area contributed by atoms with Gasteiger partial charge in [0.15, 0.2) is 0 Å². The highest BCUT2D eigenvalue weighted by molar-refractivity contribution is 8.76. The van der Waals surface area contributed by atoms with Crippen LogP contribution < -0.4 is 10.6 Å². The predicted octanol–water partition coefficient (Wildman–Crippen LogP) is 1.65. The van der Waals surface area contributed by atoms with Gasteiger partial charge in [0, 0.05) is 24.5 Å². The lowest BCUT2D eigenvalue weighted by atomic mass is 10.1. The van der Waals surface area contributed by atoms with Crippen LogP contribution in [0.15, 0.2) is 0 Å². The molecule has 1 heterocycles. The van der Waals surface area contributed by atoms with E-state index in [1.165, 1.54) is 21.6 Å². The summed E-state index contributed by atoms with van der Waals surface area (Å²) >= 11 is 0. The third-order valence-electron chi connectivity index (χ3n) is 3.01. The molecule has 27 heavy (non-hydrogen) atoms. The molecule has 1 atom stereocenters. The van der Waals surface area contributed by atoms with Crippen molar-refractivity contribution in [3.05, 3.63) is 0 Å². The molecule has 0 aliphatic carbocycles. The molecule has 0 radical (unpaired) electrons. The van der Waals surface area contributed by atoms with Gasteiger partial charge >= 0.3 is 18.1 Å². The van der Waals surface area contributed by atoms with Gasteiger partial charge in [-0.1, -0.05) is 28.0 Å². The first-order valence-corrected chi connectivity index (χ1v) is 10.4. The zero-order chi connectivity index (χ0) is 20.9. The van der Waals surface area contributed by atoms with E-state index in [2.05, 4.69) is 10.6 Å². The minimum atomic E-state index is -5.08. The third kappa shape index (κ3) is 14.1. The van der Waals surface area contributed by atoms with E-state index in [9.17, 15) is 27.6 Å². The van der Waals surface area contributed by atoms with Crippen LogP contribution in [0.5, 0.6) is 0 Å². The number of carbonyl (C=O) groups is 4. The van der Waals surface area contributed by atoms with Gasteiger partial charge in [-0.05, 0) is 12.8 Å². The maximum Gasteiger partial charge on any atom is 0.490 e. The number of aliphatic carboxylic acids is 2. The van der Waals surface area contributed by atoms with Crippen molar-refractivity contribution in [3.8, 4) is 0 Å². The number of carboxylic acid groups (broad SMARTS) is 2. The average molecular weight is 434 g/mol. The summed E-state index contributed by atoms with van der Waals surface area (Å²) in [7, 11) is 3.03. The van der Waals surface area contributed by atoms with E-state index >= 15 is 0 Å². The quantitative estimate of drug-likeness (QED) is 0.335. The number of hydrogen-bond acceptors (Lipinski definition) is 6. The number of amides is 2. The molecule has 1 aliphatic rings. The summed E-state index contributed by atoms with van der Waals surface area (Å²) in [4.78, 5) is 42.4. The van der Waals surface area contributed by atoms with Gasteiger partial charge in [-0.25, -0.2) is 4.79 Å². The van der Waals surface area contributed by atoms with Crippen LogP contribution in [0.1, 0.15) is 32.1 Å². The molecule has 13 heteroatoms. The van der Waals surface area contributed by atoms with E-state index < -0.39 is 24.2 Å². The van der Waals surface area contributed by atoms with Crippen molar-refractivity contribution in [2.24, 2.45) is 0 Å². The first-order valence-electron chi connectivity index (χ1n) is 7.87. The topological polar surface area (TPSA) is 133 Å². The summed E-state index contributed by atoms with van der Waals surface area (Å²) in [5, 5.41) is 21.1. The molecule has 1 saturated heterocycles. The molecule has 156 valence electrons. The van der Waals surface area contributed by atoms with Crippen LogP contribution in [0.4, 0.5) is 13.2 Å². The molecule has 1 fully saturated rings. The fourth-order valence-electron chi connectivity index (χ4n) is 1.76. The van der Waals surface area contributed by atoms with Crippen LogP contribution in [0.25, 0.3) is 0 Å². The Morgan fingerprint density at radius 1 is 1.15 bits per heavy atom. The van der Waals surface area contributed by atoms with Crippen LogP contribution in [-0.2, 0) is 19.2 Å². The summed E-state index contributed by atoms with van der Waals surface area (Å²) in [6.07, 6.45) is -2.02. The Kier molecular flexibility index (Phi) is 12.7. The van der Waals surface area contributed by atoms with Crippen LogP contribution in [0, 0.1) is 0 Å². The Morgan fingerprint density at radius 3 is 2.30 bits per heavy atom. The first-order chi connectivity index (χ1) is 12.5. The Morgan fingerprint density at radius 2 is 1.74 bits per heavy atom. The van der Waals surface area contributed by atoms with Gasteiger partial charge in [0.05, 0.1) is 6.42 Å². The minimum absolute atomic E-state index is 0.0544. The number of carboxylic acids is 2. The molecule has 0 aromatic heterocycles. The molecule has 0 aromatic carbocycles. The van der Waals surface area contributed by atoms with Crippen molar-refractivity contribution in [1.29, 1.82) is 0 Å². The fraction of sp³-hybridized carbons (Fsp3) is 0.714. The molecule has 1 aliphatic heterocycles. The van der Waals surface area contributed by atoms with E-state index in [1.807, 2.05) is 0 Å². The number of alkyl halides is 3. The predicted molar refractivity (Wildman–Crippen MR) is 94.3 cm³/mol. The van der Waals surface area contributed by atoms with Crippen molar-refractivity contribution in [2.45, 2.75) is 44.3 Å². The monoisotopic (exact) mass is 434 g/mol. The lowest BCUT2D eigenvalue weighted by molar-refractivity contribution is -0.192. The highest BCUT2D eigenvalue weighted by Crippen LogP contribution is 2.21. The standard InChI is InChI=1S/C12H20N2O4S2.C2HF3O2/c15-10-4-2-1-3-9(14-10)12(18)13-6-8-20-19-7-5-11(16)17;3-2(4,5)1(6)7/h9H,1-8H2,(H,13,18)(H,14,15)(H,16,17);(H,6,7). The van der Waals surface area contributed by atoms with Gasteiger partial charge in [0.1, 0.15) is 6.04 Å². The van der Waals surface area contributed by atoms with Gasteiger partial charge in [-0.2, -0.15) is 13.2 Å². The molecule has 0 aromatic rings. The summed E-state index contributed by atoms with van der Waals surface area (Å²) in [6.45, 7) is 0.524. The molecule has 0 saturated carbocycles. The van der Waals surface area contributed by atoms with E-state index in [1.54, 1.807) is 0 Å². The Bertz CT molecular complexity index is 520. The summed E-state index contributed by atoms with van der Waals surface area (Å²) < 4.78 is 31.7. The summed E-state index contributed by atoms with van der Waals surface area (Å²) in [5.74, 6) is -2.45. The first kappa shape index (κ1) is 25.4. The molecule has 1 rings (SSSR count). The molecule has 2 amide bonds. The van der Waals surface area contributed by atoms with E-state index in [4.69, 9.17) is 15.0 Å². The van der Waals surface area contributed by atoms with Crippen molar-refractivity contribution >= 4 is 45.3 Å². The number of carbonyl (C=O) groups excluding carboxylic acids is 2. The van der Waals surface area contributed by atoms with Gasteiger partial charge in [0.2, 0.25) is 11.8 Å². The summed E-state index contributed by atoms with van der Waals surface area (Å²) in [5.41, 5.74) is 0. The average Bonchev–Trinajstić information content (AvgIpc) is 2.77. The maximum atomic E-state index is 11.9. The van der Waals surface area contributed by atoms with Gasteiger partial charge in [0.25, 0.3) is 0 Å². The summed E-state index contributed by atoms with van der Waals surface area (Å²) in [6, 6.07) is -0.408. The van der Waals surface area contributed by atoms with Crippen LogP contribution in [0.2, 0.25) is 0 Å². The lowest BCUT2D eigenvalue weighted by Gasteiger charge is -2.15. The molecule has 8 nitrogen and oxygen atoms in total. The van der Waals surface area contributed by atoms with E-state index in [-0.39, 0.29) is 18.2 Å². The molecular formula is C14H21F3N2O6S2. The van der Waals surface area contributed by atoms with E-state index in [0.29, 0.717) is 25.1 Å². The number of hydrogen-bond donors (Lipinski definition) is 4. The molecule has 1 unspecified atom stereocenters. The Balaban J connectivity index is 0.000000821. The minimum Gasteiger partial charge on any atom is -0.481 e. The Hall–Kier alpha value is -1.63. The highest BCUT2D eigenvalue weighted by Gasteiger charge is 2.38. The van der Waals surface area contributed by atoms with E-state index in [0.717, 1.165) is 18.6 Å². The van der Waals surface area contributed by atoms with Crippen molar-refractivity contribution in [2.75, 3.05) is 18.1 Å². The zero-order valence-corrected chi connectivity index (χ0v) is 15.8. The second-order valence-electron chi connectivity index (χ2n) is 5.25. The molecule has 4 N–H and O–H groups in total. The molecule has 0 spiro atoms. The van der Waals surface area contributed by atoms with Crippen LogP contribution in [0.3, 0.4) is 0 Å². The number of halogens is 3. The zero-order valence-electron chi connectivity index (χ0n) is 14.2. The smallest absolute Gasteiger partial charge is 0.481 e. The largest absolute Gasteiger partial charge is 0.490 e. The van der Waals surface area contributed by atoms with Crippen LogP contribution >= 0.6 is 21.6 Å². The van der Waals surface area contributed by atoms with Gasteiger partial charge in [-0.15, -0.1) is 0 Å². The second-order valence-corrected chi connectivity index (χ2v) is 7.95. The highest BCUT2D eigenvalue weighted by atomic mass is 33.1. The van der Waals surface area contributed by atoms with Crippen molar-refractivity contribution in [1.82, 2.24) is 10.6 Å². The third-order valence-corrected chi connectivity index (χ3v) is 5.42. The lowest BCUT2D eigenvalue weighted by Crippen LogP contribution is -2.46. The van der Waals surface area contributed by atoms with Gasteiger partial charge in [-0.3, -0.25) is 14.4 Å².